The van der Waals surface area contributed by atoms with Gasteiger partial charge in [0.1, 0.15) is 17.6 Å². The van der Waals surface area contributed by atoms with Gasteiger partial charge in [-0.3, -0.25) is 4.79 Å². The van der Waals surface area contributed by atoms with E-state index in [9.17, 15) is 14.0 Å². The van der Waals surface area contributed by atoms with Crippen molar-refractivity contribution in [3.05, 3.63) is 95.3 Å². The standard InChI is InChI=1S/C28H28FN3O4/c1-3-35-22-14-10-17(11-15-22)24-23-25(31-30-24)27(33)32(26(23)19-6-5-7-20(29)16-19)21-12-8-18(9-13-21)28(34)36-4-2/h5-16,23-26,30-31H,3-4H2,1-2H3. The van der Waals surface area contributed by atoms with Crippen LogP contribution in [0.2, 0.25) is 0 Å². The first-order chi connectivity index (χ1) is 17.5. The molecule has 186 valence electrons. The maximum absolute atomic E-state index is 14.3. The number of carbonyl (C=O) groups is 2. The van der Waals surface area contributed by atoms with Crippen molar-refractivity contribution in [3.63, 3.8) is 0 Å². The summed E-state index contributed by atoms with van der Waals surface area (Å²) in [5, 5.41) is 0. The number of hydrogen-bond donors (Lipinski definition) is 2. The Morgan fingerprint density at radius 2 is 1.64 bits per heavy atom. The van der Waals surface area contributed by atoms with Crippen molar-refractivity contribution in [2.24, 2.45) is 5.92 Å². The molecule has 0 radical (unpaired) electrons. The molecule has 2 aliphatic heterocycles. The van der Waals surface area contributed by atoms with E-state index in [0.717, 1.165) is 11.3 Å². The van der Waals surface area contributed by atoms with Crippen molar-refractivity contribution < 1.29 is 23.5 Å². The van der Waals surface area contributed by atoms with Crippen LogP contribution in [0.15, 0.2) is 72.8 Å². The van der Waals surface area contributed by atoms with E-state index in [0.29, 0.717) is 23.4 Å². The average molecular weight is 490 g/mol. The molecule has 0 aliphatic carbocycles. The summed E-state index contributed by atoms with van der Waals surface area (Å²) in [5.74, 6) is -0.355. The molecule has 0 saturated carbocycles. The van der Waals surface area contributed by atoms with Crippen LogP contribution in [0.25, 0.3) is 0 Å². The minimum Gasteiger partial charge on any atom is -0.494 e. The molecule has 4 unspecified atom stereocenters. The van der Waals surface area contributed by atoms with Gasteiger partial charge < -0.3 is 14.4 Å². The molecule has 5 rings (SSSR count). The van der Waals surface area contributed by atoms with E-state index in [1.165, 1.54) is 12.1 Å². The molecule has 3 aromatic carbocycles. The molecule has 3 aromatic rings. The minimum absolute atomic E-state index is 0.126. The van der Waals surface area contributed by atoms with E-state index in [4.69, 9.17) is 9.47 Å². The maximum Gasteiger partial charge on any atom is 0.338 e. The van der Waals surface area contributed by atoms with Crippen LogP contribution in [0.3, 0.4) is 0 Å². The fraction of sp³-hybridized carbons (Fsp3) is 0.286. The van der Waals surface area contributed by atoms with Crippen molar-refractivity contribution in [1.29, 1.82) is 0 Å². The Hall–Kier alpha value is -3.75. The lowest BCUT2D eigenvalue weighted by Crippen LogP contribution is -2.41. The number of anilines is 1. The summed E-state index contributed by atoms with van der Waals surface area (Å²) in [6, 6.07) is 19.8. The van der Waals surface area contributed by atoms with Gasteiger partial charge in [0.15, 0.2) is 0 Å². The maximum atomic E-state index is 14.3. The lowest BCUT2D eigenvalue weighted by Gasteiger charge is -2.31. The number of hydrogen-bond acceptors (Lipinski definition) is 6. The SMILES string of the molecule is CCOC(=O)c1ccc(N2C(=O)C3NNC(c4ccc(OCC)cc4)C3C2c2cccc(F)c2)cc1. The smallest absolute Gasteiger partial charge is 0.338 e. The molecule has 0 bridgehead atoms. The highest BCUT2D eigenvalue weighted by Gasteiger charge is 2.56. The van der Waals surface area contributed by atoms with E-state index in [1.54, 1.807) is 42.2 Å². The number of ether oxygens (including phenoxy) is 2. The number of nitrogens with zero attached hydrogens (tertiary/aromatic N) is 1. The number of esters is 1. The zero-order chi connectivity index (χ0) is 25.2. The van der Waals surface area contributed by atoms with Crippen LogP contribution in [0, 0.1) is 11.7 Å². The number of nitrogens with one attached hydrogen (secondary N) is 2. The van der Waals surface area contributed by atoms with Crippen LogP contribution >= 0.6 is 0 Å². The minimum atomic E-state index is -0.514. The van der Waals surface area contributed by atoms with Crippen molar-refractivity contribution in [2.45, 2.75) is 32.0 Å². The predicted octanol–water partition coefficient (Wildman–Crippen LogP) is 4.32. The molecule has 2 fully saturated rings. The zero-order valence-electron chi connectivity index (χ0n) is 20.1. The summed E-state index contributed by atoms with van der Waals surface area (Å²) in [4.78, 5) is 27.5. The van der Waals surface area contributed by atoms with E-state index >= 15 is 0 Å². The Kier molecular flexibility index (Phi) is 6.71. The molecule has 0 aromatic heterocycles. The van der Waals surface area contributed by atoms with Crippen LogP contribution in [0.5, 0.6) is 5.75 Å². The monoisotopic (exact) mass is 489 g/mol. The van der Waals surface area contributed by atoms with E-state index in [2.05, 4.69) is 10.9 Å². The molecule has 2 N–H and O–H groups in total. The van der Waals surface area contributed by atoms with E-state index in [1.807, 2.05) is 37.3 Å². The van der Waals surface area contributed by atoms with Crippen LogP contribution in [0.4, 0.5) is 10.1 Å². The molecule has 2 heterocycles. The third kappa shape index (κ3) is 4.34. The van der Waals surface area contributed by atoms with Gasteiger partial charge in [0.2, 0.25) is 5.91 Å². The van der Waals surface area contributed by atoms with Crippen LogP contribution in [-0.4, -0.2) is 31.1 Å². The lowest BCUT2D eigenvalue weighted by molar-refractivity contribution is -0.119. The van der Waals surface area contributed by atoms with E-state index in [-0.39, 0.29) is 30.3 Å². The van der Waals surface area contributed by atoms with Crippen LogP contribution < -0.4 is 20.5 Å². The topological polar surface area (TPSA) is 79.9 Å². The van der Waals surface area contributed by atoms with Gasteiger partial charge in [-0.1, -0.05) is 24.3 Å². The van der Waals surface area contributed by atoms with Gasteiger partial charge in [-0.2, -0.15) is 0 Å². The number of hydrazine groups is 1. The Balaban J connectivity index is 1.54. The summed E-state index contributed by atoms with van der Waals surface area (Å²) in [7, 11) is 0. The van der Waals surface area contributed by atoms with Crippen molar-refractivity contribution in [1.82, 2.24) is 10.9 Å². The first-order valence-corrected chi connectivity index (χ1v) is 12.1. The molecule has 36 heavy (non-hydrogen) atoms. The highest BCUT2D eigenvalue weighted by atomic mass is 19.1. The Labute approximate surface area is 209 Å². The number of benzene rings is 3. The molecule has 4 atom stereocenters. The highest BCUT2D eigenvalue weighted by Crippen LogP contribution is 2.49. The predicted molar refractivity (Wildman–Crippen MR) is 133 cm³/mol. The molecule has 0 spiro atoms. The fourth-order valence-electron chi connectivity index (χ4n) is 5.18. The Morgan fingerprint density at radius 1 is 0.917 bits per heavy atom. The first-order valence-electron chi connectivity index (χ1n) is 12.1. The van der Waals surface area contributed by atoms with Gasteiger partial charge in [0.05, 0.1) is 30.9 Å². The number of amides is 1. The first kappa shape index (κ1) is 24.0. The summed E-state index contributed by atoms with van der Waals surface area (Å²) < 4.78 is 25.0. The van der Waals surface area contributed by atoms with Gasteiger partial charge >= 0.3 is 5.97 Å². The number of carbonyl (C=O) groups excluding carboxylic acids is 2. The van der Waals surface area contributed by atoms with Gasteiger partial charge in [-0.25, -0.2) is 20.0 Å². The van der Waals surface area contributed by atoms with Gasteiger partial charge in [-0.15, -0.1) is 0 Å². The quantitative estimate of drug-likeness (QED) is 0.481. The summed E-state index contributed by atoms with van der Waals surface area (Å²) in [6.07, 6.45) is 0. The second kappa shape index (κ2) is 10.1. The largest absolute Gasteiger partial charge is 0.494 e. The van der Waals surface area contributed by atoms with Crippen molar-refractivity contribution in [3.8, 4) is 5.75 Å². The number of fused-ring (bicyclic) bond motifs is 1. The zero-order valence-corrected chi connectivity index (χ0v) is 20.1. The molecule has 1 amide bonds. The highest BCUT2D eigenvalue weighted by molar-refractivity contribution is 6.02. The van der Waals surface area contributed by atoms with Gasteiger partial charge in [-0.05, 0) is 73.5 Å². The Morgan fingerprint density at radius 3 is 2.31 bits per heavy atom. The third-order valence-electron chi connectivity index (χ3n) is 6.71. The fourth-order valence-corrected chi connectivity index (χ4v) is 5.18. The number of halogens is 1. The van der Waals surface area contributed by atoms with Crippen LogP contribution in [-0.2, 0) is 9.53 Å². The summed E-state index contributed by atoms with van der Waals surface area (Å²) in [6.45, 7) is 4.54. The molecule has 7 nitrogen and oxygen atoms in total. The van der Waals surface area contributed by atoms with Crippen LogP contribution in [0.1, 0.15) is 47.4 Å². The second-order valence-corrected chi connectivity index (χ2v) is 8.80. The van der Waals surface area contributed by atoms with Gasteiger partial charge in [0.25, 0.3) is 0 Å². The van der Waals surface area contributed by atoms with Crippen molar-refractivity contribution >= 4 is 17.6 Å². The molecule has 2 aliphatic rings. The second-order valence-electron chi connectivity index (χ2n) is 8.80. The Bertz CT molecular complexity index is 1250. The summed E-state index contributed by atoms with van der Waals surface area (Å²) >= 11 is 0. The molecular formula is C28H28FN3O4. The van der Waals surface area contributed by atoms with Gasteiger partial charge in [0, 0.05) is 11.6 Å². The summed E-state index contributed by atoms with van der Waals surface area (Å²) in [5.41, 5.74) is 9.19. The van der Waals surface area contributed by atoms with E-state index < -0.39 is 18.1 Å². The third-order valence-corrected chi connectivity index (χ3v) is 6.71. The van der Waals surface area contributed by atoms with Crippen molar-refractivity contribution in [2.75, 3.05) is 18.1 Å². The molecule has 2 saturated heterocycles. The number of rotatable bonds is 7. The molecule has 8 heteroatoms. The normalized spacial score (nSPS) is 23.0. The average Bonchev–Trinajstić information content (AvgIpc) is 3.44. The molecular weight excluding hydrogens is 461 g/mol. The lowest BCUT2D eigenvalue weighted by atomic mass is 9.83.